The molecule has 1 aromatic rings. The van der Waals surface area contributed by atoms with Crippen LogP contribution in [-0.2, 0) is 16.1 Å². The zero-order valence-corrected chi connectivity index (χ0v) is 9.32. The van der Waals surface area contributed by atoms with Gasteiger partial charge in [-0.15, -0.1) is 0 Å². The lowest BCUT2D eigenvalue weighted by Gasteiger charge is -2.36. The highest BCUT2D eigenvalue weighted by Crippen LogP contribution is 2.56. The smallest absolute Gasteiger partial charge is 0.141 e. The van der Waals surface area contributed by atoms with Crippen molar-refractivity contribution in [3.63, 3.8) is 0 Å². The first-order chi connectivity index (χ1) is 7.78. The summed E-state index contributed by atoms with van der Waals surface area (Å²) in [5.41, 5.74) is 1.10. The first kappa shape index (κ1) is 10.0. The van der Waals surface area contributed by atoms with Gasteiger partial charge in [0.05, 0.1) is 18.6 Å². The Bertz CT molecular complexity index is 390. The number of ketones is 1. The van der Waals surface area contributed by atoms with E-state index in [4.69, 9.17) is 4.74 Å². The number of benzene rings is 1. The molecule has 1 aromatic carbocycles. The SMILES string of the molecule is O=C1CC2CC1(COCc1ccccc1)C2. The van der Waals surface area contributed by atoms with Gasteiger partial charge in [0.2, 0.25) is 0 Å². The van der Waals surface area contributed by atoms with Gasteiger partial charge in [0.25, 0.3) is 0 Å². The van der Waals surface area contributed by atoms with E-state index in [1.807, 2.05) is 18.2 Å². The van der Waals surface area contributed by atoms with Crippen LogP contribution in [0.1, 0.15) is 24.8 Å². The van der Waals surface area contributed by atoms with Crippen molar-refractivity contribution in [1.82, 2.24) is 0 Å². The summed E-state index contributed by atoms with van der Waals surface area (Å²) < 4.78 is 5.69. The first-order valence-corrected chi connectivity index (χ1v) is 5.93. The normalized spacial score (nSPS) is 31.5. The zero-order valence-electron chi connectivity index (χ0n) is 9.32. The molecule has 2 bridgehead atoms. The van der Waals surface area contributed by atoms with Crippen LogP contribution in [0.15, 0.2) is 30.3 Å². The molecule has 0 amide bonds. The Morgan fingerprint density at radius 2 is 2.00 bits per heavy atom. The summed E-state index contributed by atoms with van der Waals surface area (Å²) >= 11 is 0. The van der Waals surface area contributed by atoms with E-state index in [-0.39, 0.29) is 5.41 Å². The molecule has 0 heterocycles. The molecule has 0 N–H and O–H groups in total. The fraction of sp³-hybridized carbons (Fsp3) is 0.500. The van der Waals surface area contributed by atoms with Gasteiger partial charge < -0.3 is 4.74 Å². The summed E-state index contributed by atoms with van der Waals surface area (Å²) in [6.45, 7) is 1.25. The van der Waals surface area contributed by atoms with Crippen LogP contribution in [0.5, 0.6) is 0 Å². The molecule has 3 saturated carbocycles. The van der Waals surface area contributed by atoms with Gasteiger partial charge >= 0.3 is 0 Å². The van der Waals surface area contributed by atoms with Crippen LogP contribution >= 0.6 is 0 Å². The molecule has 2 heteroatoms. The second-order valence-electron chi connectivity index (χ2n) is 5.16. The molecule has 16 heavy (non-hydrogen) atoms. The minimum Gasteiger partial charge on any atom is -0.376 e. The number of fused-ring (bicyclic) bond motifs is 1. The fourth-order valence-electron chi connectivity index (χ4n) is 3.03. The molecule has 0 unspecified atom stereocenters. The molecule has 0 aromatic heterocycles. The number of hydrogen-bond donors (Lipinski definition) is 0. The van der Waals surface area contributed by atoms with Gasteiger partial charge in [-0.05, 0) is 24.3 Å². The van der Waals surface area contributed by atoms with Crippen LogP contribution in [0.2, 0.25) is 0 Å². The summed E-state index contributed by atoms with van der Waals surface area (Å²) in [6.07, 6.45) is 2.94. The lowest BCUT2D eigenvalue weighted by Crippen LogP contribution is -2.37. The van der Waals surface area contributed by atoms with E-state index in [0.717, 1.165) is 19.3 Å². The third-order valence-electron chi connectivity index (χ3n) is 3.91. The third-order valence-corrected chi connectivity index (χ3v) is 3.91. The summed E-state index contributed by atoms with van der Waals surface area (Å²) in [6, 6.07) is 10.1. The van der Waals surface area contributed by atoms with Crippen LogP contribution in [0.4, 0.5) is 0 Å². The first-order valence-electron chi connectivity index (χ1n) is 5.93. The van der Waals surface area contributed by atoms with Crippen molar-refractivity contribution in [1.29, 1.82) is 0 Å². The summed E-state index contributed by atoms with van der Waals surface area (Å²) in [5, 5.41) is 0. The molecule has 3 aliphatic rings. The van der Waals surface area contributed by atoms with E-state index in [1.165, 1.54) is 5.56 Å². The van der Waals surface area contributed by atoms with Crippen molar-refractivity contribution < 1.29 is 9.53 Å². The number of Topliss-reactive ketones (excluding diaryl/α,β-unsaturated/α-hetero) is 1. The average Bonchev–Trinajstić information content (AvgIpc) is 2.71. The van der Waals surface area contributed by atoms with Crippen molar-refractivity contribution in [2.45, 2.75) is 25.9 Å². The van der Waals surface area contributed by atoms with Crippen molar-refractivity contribution in [3.05, 3.63) is 35.9 Å². The quantitative estimate of drug-likeness (QED) is 0.773. The van der Waals surface area contributed by atoms with Crippen LogP contribution in [-0.4, -0.2) is 12.4 Å². The van der Waals surface area contributed by atoms with Crippen LogP contribution in [0.3, 0.4) is 0 Å². The van der Waals surface area contributed by atoms with E-state index in [2.05, 4.69) is 12.1 Å². The van der Waals surface area contributed by atoms with E-state index in [0.29, 0.717) is 24.9 Å². The molecule has 84 valence electrons. The Kier molecular flexibility index (Phi) is 2.32. The molecular weight excluding hydrogens is 200 g/mol. The number of carbonyl (C=O) groups is 1. The highest BCUT2D eigenvalue weighted by atomic mass is 16.5. The Hall–Kier alpha value is -1.15. The number of carbonyl (C=O) groups excluding carboxylic acids is 1. The number of rotatable bonds is 4. The Morgan fingerprint density at radius 3 is 2.62 bits per heavy atom. The van der Waals surface area contributed by atoms with Crippen molar-refractivity contribution >= 4 is 5.78 Å². The summed E-state index contributed by atoms with van der Waals surface area (Å²) in [7, 11) is 0. The summed E-state index contributed by atoms with van der Waals surface area (Å²) in [4.78, 5) is 11.7. The minimum absolute atomic E-state index is 0.0839. The van der Waals surface area contributed by atoms with Gasteiger partial charge in [0.1, 0.15) is 5.78 Å². The molecule has 0 spiro atoms. The third kappa shape index (κ3) is 1.57. The number of hydrogen-bond acceptors (Lipinski definition) is 2. The van der Waals surface area contributed by atoms with Gasteiger partial charge in [-0.1, -0.05) is 30.3 Å². The average molecular weight is 216 g/mol. The van der Waals surface area contributed by atoms with E-state index in [1.54, 1.807) is 0 Å². The minimum atomic E-state index is -0.0839. The van der Waals surface area contributed by atoms with Crippen LogP contribution in [0.25, 0.3) is 0 Å². The molecule has 3 fully saturated rings. The Morgan fingerprint density at radius 1 is 1.25 bits per heavy atom. The predicted molar refractivity (Wildman–Crippen MR) is 60.9 cm³/mol. The fourth-order valence-corrected chi connectivity index (χ4v) is 3.03. The number of ether oxygens (including phenoxy) is 1. The van der Waals surface area contributed by atoms with Gasteiger partial charge in [-0.25, -0.2) is 0 Å². The maximum Gasteiger partial charge on any atom is 0.141 e. The van der Waals surface area contributed by atoms with Crippen molar-refractivity contribution in [3.8, 4) is 0 Å². The standard InChI is InChI=1S/C14H16O2/c15-13-6-12-7-14(13,8-12)10-16-9-11-4-2-1-3-5-11/h1-5,12H,6-10H2. The van der Waals surface area contributed by atoms with Gasteiger partial charge in [0.15, 0.2) is 0 Å². The van der Waals surface area contributed by atoms with Gasteiger partial charge in [0, 0.05) is 6.42 Å². The topological polar surface area (TPSA) is 26.3 Å². The van der Waals surface area contributed by atoms with E-state index in [9.17, 15) is 4.79 Å². The molecular formula is C14H16O2. The molecule has 0 saturated heterocycles. The van der Waals surface area contributed by atoms with Gasteiger partial charge in [-0.3, -0.25) is 4.79 Å². The Labute approximate surface area is 95.6 Å². The second kappa shape index (κ2) is 3.70. The molecule has 2 nitrogen and oxygen atoms in total. The lowest BCUT2D eigenvalue weighted by molar-refractivity contribution is -0.130. The summed E-state index contributed by atoms with van der Waals surface area (Å²) in [5.74, 6) is 1.11. The van der Waals surface area contributed by atoms with Crippen molar-refractivity contribution in [2.75, 3.05) is 6.61 Å². The molecule has 0 radical (unpaired) electrons. The second-order valence-corrected chi connectivity index (χ2v) is 5.16. The lowest BCUT2D eigenvalue weighted by atomic mass is 9.70. The highest BCUT2D eigenvalue weighted by Gasteiger charge is 2.56. The van der Waals surface area contributed by atoms with E-state index >= 15 is 0 Å². The van der Waals surface area contributed by atoms with Gasteiger partial charge in [-0.2, -0.15) is 0 Å². The van der Waals surface area contributed by atoms with Crippen molar-refractivity contribution in [2.24, 2.45) is 11.3 Å². The highest BCUT2D eigenvalue weighted by molar-refractivity contribution is 5.90. The molecule has 4 rings (SSSR count). The predicted octanol–water partition coefficient (Wildman–Crippen LogP) is 2.57. The van der Waals surface area contributed by atoms with Crippen LogP contribution in [0, 0.1) is 11.3 Å². The molecule has 0 aliphatic heterocycles. The molecule has 3 aliphatic carbocycles. The van der Waals surface area contributed by atoms with Crippen LogP contribution < -0.4 is 0 Å². The maximum atomic E-state index is 11.7. The largest absolute Gasteiger partial charge is 0.376 e. The molecule has 0 atom stereocenters. The monoisotopic (exact) mass is 216 g/mol. The maximum absolute atomic E-state index is 11.7. The zero-order chi connectivity index (χ0) is 11.0. The van der Waals surface area contributed by atoms with E-state index < -0.39 is 0 Å². The Balaban J connectivity index is 1.53.